The lowest BCUT2D eigenvalue weighted by Crippen LogP contribution is -2.27. The van der Waals surface area contributed by atoms with Crippen LogP contribution in [0.15, 0.2) is 45.1 Å². The second kappa shape index (κ2) is 7.64. The van der Waals surface area contributed by atoms with Crippen LogP contribution in [0.3, 0.4) is 0 Å². The number of hydrogen-bond donors (Lipinski definition) is 0. The van der Waals surface area contributed by atoms with Gasteiger partial charge in [0.05, 0.1) is 10.2 Å². The topological polar surface area (TPSA) is 18.5 Å². The highest BCUT2D eigenvalue weighted by Crippen LogP contribution is 2.44. The molecule has 0 saturated carbocycles. The summed E-state index contributed by atoms with van der Waals surface area (Å²) in [6, 6.07) is 10.4. The Morgan fingerprint density at radius 2 is 1.95 bits per heavy atom. The minimum atomic E-state index is -0.185. The number of hydrogen-bond acceptors (Lipinski definition) is 2. The standard InChI is InChI=1S/C19H23IO2/c1-2-3-13-21-19-16-12-8-7-11-15(16)17(20)18(22-19)14-9-5-4-6-10-14/h4-6,9-10,19H,2-3,7-8,11-13H2,1H3. The van der Waals surface area contributed by atoms with Gasteiger partial charge < -0.3 is 9.47 Å². The molecule has 1 aliphatic carbocycles. The van der Waals surface area contributed by atoms with Crippen LogP contribution >= 0.6 is 22.6 Å². The zero-order valence-electron chi connectivity index (χ0n) is 13.1. The first kappa shape index (κ1) is 16.1. The third kappa shape index (κ3) is 3.40. The van der Waals surface area contributed by atoms with Crippen molar-refractivity contribution in [3.05, 3.63) is 50.6 Å². The molecule has 0 amide bonds. The van der Waals surface area contributed by atoms with E-state index < -0.39 is 0 Å². The van der Waals surface area contributed by atoms with Crippen LogP contribution in [-0.4, -0.2) is 12.9 Å². The van der Waals surface area contributed by atoms with E-state index in [4.69, 9.17) is 9.47 Å². The van der Waals surface area contributed by atoms with Gasteiger partial charge >= 0.3 is 0 Å². The maximum atomic E-state index is 6.29. The quantitative estimate of drug-likeness (QED) is 0.449. The molecular formula is C19H23IO2. The summed E-state index contributed by atoms with van der Waals surface area (Å²) in [5, 5.41) is 0. The summed E-state index contributed by atoms with van der Waals surface area (Å²) in [7, 11) is 0. The number of ether oxygens (including phenoxy) is 2. The highest BCUT2D eigenvalue weighted by molar-refractivity contribution is 14.1. The van der Waals surface area contributed by atoms with Crippen LogP contribution in [0.1, 0.15) is 51.0 Å². The van der Waals surface area contributed by atoms with Gasteiger partial charge in [-0.3, -0.25) is 0 Å². The van der Waals surface area contributed by atoms with Gasteiger partial charge in [0, 0.05) is 11.1 Å². The van der Waals surface area contributed by atoms with Gasteiger partial charge in [0.25, 0.3) is 0 Å². The molecule has 3 rings (SSSR count). The molecule has 1 aliphatic heterocycles. The zero-order valence-corrected chi connectivity index (χ0v) is 15.3. The number of unbranched alkanes of at least 4 members (excludes halogenated alkanes) is 1. The second-order valence-corrected chi connectivity index (χ2v) is 6.97. The molecule has 1 atom stereocenters. The Kier molecular flexibility index (Phi) is 5.58. The fraction of sp³-hybridized carbons (Fsp3) is 0.474. The highest BCUT2D eigenvalue weighted by Gasteiger charge is 2.32. The van der Waals surface area contributed by atoms with E-state index in [1.54, 1.807) is 0 Å². The number of rotatable bonds is 5. The molecule has 1 aromatic carbocycles. The van der Waals surface area contributed by atoms with E-state index in [0.29, 0.717) is 0 Å². The van der Waals surface area contributed by atoms with Crippen LogP contribution in [-0.2, 0) is 9.47 Å². The fourth-order valence-electron chi connectivity index (χ4n) is 3.06. The van der Waals surface area contributed by atoms with Crippen LogP contribution in [0, 0.1) is 0 Å². The summed E-state index contributed by atoms with van der Waals surface area (Å²) >= 11 is 2.45. The summed E-state index contributed by atoms with van der Waals surface area (Å²) in [6.45, 7) is 2.96. The molecule has 0 saturated heterocycles. The number of allylic oxidation sites excluding steroid dienone is 2. The Hall–Kier alpha value is -0.810. The van der Waals surface area contributed by atoms with Crippen molar-refractivity contribution in [2.45, 2.75) is 51.7 Å². The van der Waals surface area contributed by atoms with Crippen molar-refractivity contribution in [2.24, 2.45) is 0 Å². The predicted octanol–water partition coefficient (Wildman–Crippen LogP) is 5.83. The lowest BCUT2D eigenvalue weighted by molar-refractivity contribution is -0.0766. The maximum Gasteiger partial charge on any atom is 0.223 e. The summed E-state index contributed by atoms with van der Waals surface area (Å²) in [4.78, 5) is 0. The first-order valence-electron chi connectivity index (χ1n) is 8.27. The third-order valence-corrected chi connectivity index (χ3v) is 5.43. The minimum Gasteiger partial charge on any atom is -0.459 e. The first-order valence-corrected chi connectivity index (χ1v) is 9.35. The Morgan fingerprint density at radius 3 is 2.73 bits per heavy atom. The highest BCUT2D eigenvalue weighted by atomic mass is 127. The zero-order chi connectivity index (χ0) is 15.4. The predicted molar refractivity (Wildman–Crippen MR) is 98.6 cm³/mol. The van der Waals surface area contributed by atoms with Crippen molar-refractivity contribution >= 4 is 28.4 Å². The van der Waals surface area contributed by atoms with E-state index in [1.165, 1.54) is 27.6 Å². The molecule has 1 unspecified atom stereocenters. The fourth-order valence-corrected chi connectivity index (χ4v) is 4.11. The largest absolute Gasteiger partial charge is 0.459 e. The van der Waals surface area contributed by atoms with Crippen LogP contribution in [0.4, 0.5) is 0 Å². The second-order valence-electron chi connectivity index (χ2n) is 5.89. The van der Waals surface area contributed by atoms with Crippen molar-refractivity contribution in [1.82, 2.24) is 0 Å². The van der Waals surface area contributed by atoms with E-state index >= 15 is 0 Å². The molecule has 0 fully saturated rings. The molecule has 0 spiro atoms. The average molecular weight is 410 g/mol. The Labute approximate surface area is 146 Å². The van der Waals surface area contributed by atoms with E-state index in [9.17, 15) is 0 Å². The molecule has 1 aromatic rings. The molecule has 0 bridgehead atoms. The first-order chi connectivity index (χ1) is 10.8. The maximum absolute atomic E-state index is 6.29. The monoisotopic (exact) mass is 410 g/mol. The van der Waals surface area contributed by atoms with Crippen molar-refractivity contribution in [3.63, 3.8) is 0 Å². The average Bonchev–Trinajstić information content (AvgIpc) is 2.58. The van der Waals surface area contributed by atoms with Crippen LogP contribution in [0.2, 0.25) is 0 Å². The van der Waals surface area contributed by atoms with E-state index in [-0.39, 0.29) is 6.29 Å². The Balaban J connectivity index is 1.91. The van der Waals surface area contributed by atoms with E-state index in [0.717, 1.165) is 43.6 Å². The molecule has 2 nitrogen and oxygen atoms in total. The van der Waals surface area contributed by atoms with Crippen molar-refractivity contribution in [2.75, 3.05) is 6.61 Å². The molecule has 1 heterocycles. The molecule has 118 valence electrons. The SMILES string of the molecule is CCCCOC1OC(c2ccccc2)=C(I)C2=C1CCCC2. The molecular weight excluding hydrogens is 387 g/mol. The lowest BCUT2D eigenvalue weighted by Gasteiger charge is -2.34. The molecule has 2 aliphatic rings. The van der Waals surface area contributed by atoms with Gasteiger partial charge in [0.1, 0.15) is 5.76 Å². The van der Waals surface area contributed by atoms with Crippen molar-refractivity contribution < 1.29 is 9.47 Å². The van der Waals surface area contributed by atoms with Gasteiger partial charge in [-0.2, -0.15) is 0 Å². The van der Waals surface area contributed by atoms with Gasteiger partial charge in [-0.25, -0.2) is 0 Å². The van der Waals surface area contributed by atoms with E-state index in [1.807, 2.05) is 6.07 Å². The number of benzene rings is 1. The summed E-state index contributed by atoms with van der Waals surface area (Å²) < 4.78 is 13.6. The summed E-state index contributed by atoms with van der Waals surface area (Å²) in [5.74, 6) is 0.989. The molecule has 0 radical (unpaired) electrons. The van der Waals surface area contributed by atoms with Crippen molar-refractivity contribution in [1.29, 1.82) is 0 Å². The van der Waals surface area contributed by atoms with Crippen LogP contribution < -0.4 is 0 Å². The van der Waals surface area contributed by atoms with Gasteiger partial charge in [0.15, 0.2) is 0 Å². The van der Waals surface area contributed by atoms with Gasteiger partial charge in [0.2, 0.25) is 6.29 Å². The van der Waals surface area contributed by atoms with E-state index in [2.05, 4.69) is 53.8 Å². The van der Waals surface area contributed by atoms with Gasteiger partial charge in [-0.05, 0) is 60.3 Å². The third-order valence-electron chi connectivity index (χ3n) is 4.29. The van der Waals surface area contributed by atoms with Gasteiger partial charge in [-0.1, -0.05) is 43.7 Å². The summed E-state index contributed by atoms with van der Waals surface area (Å²) in [6.07, 6.45) is 6.84. The summed E-state index contributed by atoms with van der Waals surface area (Å²) in [5.41, 5.74) is 4.00. The molecule has 3 heteroatoms. The number of halogens is 1. The minimum absolute atomic E-state index is 0.185. The van der Waals surface area contributed by atoms with Crippen LogP contribution in [0.5, 0.6) is 0 Å². The molecule has 0 aromatic heterocycles. The normalized spacial score (nSPS) is 21.6. The van der Waals surface area contributed by atoms with Gasteiger partial charge in [-0.15, -0.1) is 0 Å². The van der Waals surface area contributed by atoms with Crippen molar-refractivity contribution in [3.8, 4) is 0 Å². The molecule has 22 heavy (non-hydrogen) atoms. The Bertz CT molecular complexity index is 574. The Morgan fingerprint density at radius 1 is 1.18 bits per heavy atom. The lowest BCUT2D eigenvalue weighted by atomic mass is 9.89. The molecule has 0 N–H and O–H groups in total. The van der Waals surface area contributed by atoms with Crippen LogP contribution in [0.25, 0.3) is 5.76 Å². The smallest absolute Gasteiger partial charge is 0.223 e.